The van der Waals surface area contributed by atoms with Crippen LogP contribution in [-0.4, -0.2) is 17.4 Å². The van der Waals surface area contributed by atoms with Crippen LogP contribution >= 0.6 is 0 Å². The van der Waals surface area contributed by atoms with Crippen molar-refractivity contribution in [3.05, 3.63) is 65.2 Å². The Morgan fingerprint density at radius 3 is 2.85 bits per heavy atom. The summed E-state index contributed by atoms with van der Waals surface area (Å²) in [5.41, 5.74) is 1.48. The molecule has 0 saturated carbocycles. The molecule has 0 aliphatic rings. The molecule has 0 fully saturated rings. The maximum atomic E-state index is 13.0. The fourth-order valence-corrected chi connectivity index (χ4v) is 1.71. The summed E-state index contributed by atoms with van der Waals surface area (Å²) in [4.78, 5) is 15.6. The second kappa shape index (κ2) is 6.43. The van der Waals surface area contributed by atoms with Crippen LogP contribution in [0.1, 0.15) is 21.6 Å². The van der Waals surface area contributed by atoms with Gasteiger partial charge in [0.2, 0.25) is 0 Å². The van der Waals surface area contributed by atoms with Gasteiger partial charge in [-0.2, -0.15) is 5.26 Å². The molecule has 0 saturated heterocycles. The number of benzene rings is 1. The number of aromatic nitrogens is 1. The fourth-order valence-electron chi connectivity index (χ4n) is 1.71. The molecular weight excluding hydrogens is 257 g/mol. The number of halogens is 1. The Labute approximate surface area is 115 Å². The molecule has 2 aromatic rings. The number of rotatable bonds is 4. The van der Waals surface area contributed by atoms with E-state index in [1.807, 2.05) is 6.07 Å². The van der Waals surface area contributed by atoms with Crippen LogP contribution in [0.4, 0.5) is 4.39 Å². The summed E-state index contributed by atoms with van der Waals surface area (Å²) < 4.78 is 13.0. The number of pyridine rings is 1. The zero-order chi connectivity index (χ0) is 14.4. The van der Waals surface area contributed by atoms with E-state index in [2.05, 4.69) is 10.3 Å². The summed E-state index contributed by atoms with van der Waals surface area (Å²) in [6, 6.07) is 11.2. The van der Waals surface area contributed by atoms with Crippen LogP contribution in [-0.2, 0) is 6.42 Å². The molecule has 0 unspecified atom stereocenters. The highest BCUT2D eigenvalue weighted by Crippen LogP contribution is 2.04. The molecule has 100 valence electrons. The number of nitrogens with one attached hydrogen (secondary N) is 1. The monoisotopic (exact) mass is 269 g/mol. The third-order valence-corrected chi connectivity index (χ3v) is 2.73. The van der Waals surface area contributed by atoms with Crippen molar-refractivity contribution >= 4 is 5.91 Å². The van der Waals surface area contributed by atoms with Gasteiger partial charge in [-0.15, -0.1) is 0 Å². The van der Waals surface area contributed by atoms with Gasteiger partial charge in [-0.1, -0.05) is 12.1 Å². The Kier molecular flexibility index (Phi) is 4.40. The van der Waals surface area contributed by atoms with E-state index in [1.165, 1.54) is 24.4 Å². The third kappa shape index (κ3) is 3.62. The minimum atomic E-state index is -0.287. The van der Waals surface area contributed by atoms with Gasteiger partial charge in [0.1, 0.15) is 17.6 Å². The summed E-state index contributed by atoms with van der Waals surface area (Å²) in [5.74, 6) is -0.552. The number of nitrogens with zero attached hydrogens (tertiary/aromatic N) is 2. The number of hydrogen-bond acceptors (Lipinski definition) is 3. The first-order valence-corrected chi connectivity index (χ1v) is 6.08. The van der Waals surface area contributed by atoms with Crippen LogP contribution in [0.5, 0.6) is 0 Å². The van der Waals surface area contributed by atoms with Gasteiger partial charge in [-0.05, 0) is 36.2 Å². The Bertz CT molecular complexity index is 647. The van der Waals surface area contributed by atoms with Crippen molar-refractivity contribution < 1.29 is 9.18 Å². The van der Waals surface area contributed by atoms with Gasteiger partial charge in [-0.25, -0.2) is 9.37 Å². The highest BCUT2D eigenvalue weighted by Gasteiger charge is 2.05. The number of carbonyl (C=O) groups excluding carboxylic acids is 1. The van der Waals surface area contributed by atoms with E-state index in [1.54, 1.807) is 18.2 Å². The molecule has 1 heterocycles. The maximum Gasteiger partial charge on any atom is 0.252 e. The van der Waals surface area contributed by atoms with Crippen molar-refractivity contribution in [3.63, 3.8) is 0 Å². The molecule has 1 aromatic carbocycles. The van der Waals surface area contributed by atoms with Gasteiger partial charge in [0.15, 0.2) is 0 Å². The highest BCUT2D eigenvalue weighted by atomic mass is 19.1. The third-order valence-electron chi connectivity index (χ3n) is 2.73. The summed E-state index contributed by atoms with van der Waals surface area (Å²) in [5, 5.41) is 11.3. The second-order valence-corrected chi connectivity index (χ2v) is 4.18. The predicted molar refractivity (Wildman–Crippen MR) is 71.4 cm³/mol. The van der Waals surface area contributed by atoms with Gasteiger partial charge in [-0.3, -0.25) is 4.79 Å². The molecule has 0 spiro atoms. The summed E-state index contributed by atoms with van der Waals surface area (Å²) in [6.45, 7) is 0.405. The highest BCUT2D eigenvalue weighted by molar-refractivity contribution is 5.93. The lowest BCUT2D eigenvalue weighted by molar-refractivity contribution is 0.0954. The minimum absolute atomic E-state index is 0.265. The van der Waals surface area contributed by atoms with E-state index in [0.29, 0.717) is 18.5 Å². The summed E-state index contributed by atoms with van der Waals surface area (Å²) >= 11 is 0. The van der Waals surface area contributed by atoms with Crippen LogP contribution < -0.4 is 5.32 Å². The van der Waals surface area contributed by atoms with Crippen molar-refractivity contribution in [2.45, 2.75) is 6.42 Å². The molecular formula is C15H12FN3O. The molecule has 1 amide bonds. The molecule has 1 aromatic heterocycles. The Morgan fingerprint density at radius 2 is 2.20 bits per heavy atom. The molecule has 5 heteroatoms. The van der Waals surface area contributed by atoms with Crippen LogP contribution in [0.2, 0.25) is 0 Å². The zero-order valence-electron chi connectivity index (χ0n) is 10.6. The molecule has 1 N–H and O–H groups in total. The van der Waals surface area contributed by atoms with E-state index >= 15 is 0 Å². The van der Waals surface area contributed by atoms with E-state index < -0.39 is 0 Å². The van der Waals surface area contributed by atoms with E-state index in [9.17, 15) is 9.18 Å². The number of nitriles is 1. The summed E-state index contributed by atoms with van der Waals surface area (Å²) in [7, 11) is 0. The Balaban J connectivity index is 1.87. The zero-order valence-corrected chi connectivity index (χ0v) is 10.6. The SMILES string of the molecule is N#Cc1ccc(C(=O)NCCc2cccc(F)c2)cn1. The first-order chi connectivity index (χ1) is 9.69. The van der Waals surface area contributed by atoms with Crippen LogP contribution in [0.25, 0.3) is 0 Å². The van der Waals surface area contributed by atoms with Gasteiger partial charge in [0, 0.05) is 12.7 Å². The number of amides is 1. The minimum Gasteiger partial charge on any atom is -0.352 e. The molecule has 0 atom stereocenters. The Hall–Kier alpha value is -2.74. The van der Waals surface area contributed by atoms with Gasteiger partial charge >= 0.3 is 0 Å². The standard InChI is InChI=1S/C15H12FN3O/c16-13-3-1-2-11(8-13)6-7-18-15(20)12-4-5-14(9-17)19-10-12/h1-5,8,10H,6-7H2,(H,18,20). The lowest BCUT2D eigenvalue weighted by atomic mass is 10.1. The average molecular weight is 269 g/mol. The fraction of sp³-hybridized carbons (Fsp3) is 0.133. The van der Waals surface area contributed by atoms with E-state index in [4.69, 9.17) is 5.26 Å². The molecule has 2 rings (SSSR count). The number of hydrogen-bond donors (Lipinski definition) is 1. The van der Waals surface area contributed by atoms with Gasteiger partial charge in [0.05, 0.1) is 5.56 Å². The van der Waals surface area contributed by atoms with Crippen LogP contribution in [0.15, 0.2) is 42.6 Å². The van der Waals surface area contributed by atoms with Crippen molar-refractivity contribution in [3.8, 4) is 6.07 Å². The maximum absolute atomic E-state index is 13.0. The lowest BCUT2D eigenvalue weighted by Crippen LogP contribution is -2.25. The first-order valence-electron chi connectivity index (χ1n) is 6.08. The van der Waals surface area contributed by atoms with E-state index in [-0.39, 0.29) is 17.4 Å². The molecule has 0 bridgehead atoms. The molecule has 0 radical (unpaired) electrons. The van der Waals surface area contributed by atoms with Crippen molar-refractivity contribution in [1.29, 1.82) is 5.26 Å². The molecule has 20 heavy (non-hydrogen) atoms. The quantitative estimate of drug-likeness (QED) is 0.924. The number of carbonyl (C=O) groups is 1. The largest absolute Gasteiger partial charge is 0.352 e. The van der Waals surface area contributed by atoms with Crippen molar-refractivity contribution in [2.24, 2.45) is 0 Å². The molecule has 0 aliphatic carbocycles. The smallest absolute Gasteiger partial charge is 0.252 e. The lowest BCUT2D eigenvalue weighted by Gasteiger charge is -2.05. The van der Waals surface area contributed by atoms with Gasteiger partial charge < -0.3 is 5.32 Å². The predicted octanol–water partition coefficient (Wildman–Crippen LogP) is 2.06. The van der Waals surface area contributed by atoms with E-state index in [0.717, 1.165) is 5.56 Å². The average Bonchev–Trinajstić information content (AvgIpc) is 2.47. The Morgan fingerprint density at radius 1 is 1.35 bits per heavy atom. The normalized spacial score (nSPS) is 9.80. The first kappa shape index (κ1) is 13.7. The second-order valence-electron chi connectivity index (χ2n) is 4.18. The van der Waals surface area contributed by atoms with Crippen LogP contribution in [0, 0.1) is 17.1 Å². The van der Waals surface area contributed by atoms with Crippen molar-refractivity contribution in [1.82, 2.24) is 10.3 Å². The molecule has 4 nitrogen and oxygen atoms in total. The van der Waals surface area contributed by atoms with Crippen molar-refractivity contribution in [2.75, 3.05) is 6.54 Å². The molecule has 0 aliphatic heterocycles. The van der Waals surface area contributed by atoms with Gasteiger partial charge in [0.25, 0.3) is 5.91 Å². The van der Waals surface area contributed by atoms with Crippen LogP contribution in [0.3, 0.4) is 0 Å². The summed E-state index contributed by atoms with van der Waals surface area (Å²) in [6.07, 6.45) is 1.91. The topological polar surface area (TPSA) is 65.8 Å².